The number of H-pyrrole nitrogens is 1. The molecular weight excluding hydrogens is 431 g/mol. The molecule has 0 saturated heterocycles. The topological polar surface area (TPSA) is 84.1 Å². The van der Waals surface area contributed by atoms with Crippen molar-refractivity contribution in [3.63, 3.8) is 0 Å². The van der Waals surface area contributed by atoms with Crippen LogP contribution in [0, 0.1) is 17.5 Å². The highest BCUT2D eigenvalue weighted by Crippen LogP contribution is 2.25. The van der Waals surface area contributed by atoms with Crippen molar-refractivity contribution in [2.24, 2.45) is 0 Å². The highest BCUT2D eigenvalue weighted by molar-refractivity contribution is 8.00. The molecular formula is C21H18F3N3O3S. The van der Waals surface area contributed by atoms with E-state index in [0.29, 0.717) is 17.9 Å². The van der Waals surface area contributed by atoms with Gasteiger partial charge >= 0.3 is 0 Å². The Morgan fingerprint density at radius 3 is 2.61 bits per heavy atom. The van der Waals surface area contributed by atoms with Gasteiger partial charge in [-0.1, -0.05) is 36.9 Å². The van der Waals surface area contributed by atoms with E-state index in [-0.39, 0.29) is 11.8 Å². The number of aromatic nitrogens is 2. The van der Waals surface area contributed by atoms with E-state index in [1.807, 2.05) is 18.2 Å². The molecule has 0 spiro atoms. The third-order valence-corrected chi connectivity index (χ3v) is 5.36. The van der Waals surface area contributed by atoms with E-state index in [0.717, 1.165) is 23.9 Å². The lowest BCUT2D eigenvalue weighted by atomic mass is 10.2. The molecule has 0 saturated carbocycles. The average Bonchev–Trinajstić information content (AvgIpc) is 2.76. The van der Waals surface area contributed by atoms with Gasteiger partial charge in [0.1, 0.15) is 12.4 Å². The maximum atomic E-state index is 13.8. The zero-order chi connectivity index (χ0) is 22.4. The number of hydrogen-bond acceptors (Lipinski definition) is 5. The van der Waals surface area contributed by atoms with E-state index in [2.05, 4.69) is 15.3 Å². The van der Waals surface area contributed by atoms with Crippen molar-refractivity contribution in [2.75, 3.05) is 5.32 Å². The van der Waals surface area contributed by atoms with Gasteiger partial charge in [-0.05, 0) is 30.7 Å². The second kappa shape index (κ2) is 10.2. The fraction of sp³-hybridized carbons (Fsp3) is 0.190. The quantitative estimate of drug-likeness (QED) is 0.305. The summed E-state index contributed by atoms with van der Waals surface area (Å²) in [7, 11) is 0. The molecule has 0 aliphatic heterocycles. The minimum absolute atomic E-state index is 0.0462. The van der Waals surface area contributed by atoms with Crippen LogP contribution in [0.4, 0.5) is 18.9 Å². The van der Waals surface area contributed by atoms with Crippen molar-refractivity contribution in [3.05, 3.63) is 82.0 Å². The summed E-state index contributed by atoms with van der Waals surface area (Å²) in [6.07, 6.45) is 0.302. The van der Waals surface area contributed by atoms with Gasteiger partial charge in [0.15, 0.2) is 22.6 Å². The Kier molecular flexibility index (Phi) is 7.35. The number of para-hydroxylation sites is 1. The van der Waals surface area contributed by atoms with E-state index in [1.54, 1.807) is 19.1 Å². The van der Waals surface area contributed by atoms with Crippen LogP contribution in [0.1, 0.15) is 19.0 Å². The molecule has 1 heterocycles. The van der Waals surface area contributed by atoms with E-state index < -0.39 is 39.9 Å². The molecule has 0 fully saturated rings. The maximum absolute atomic E-state index is 13.8. The zero-order valence-electron chi connectivity index (χ0n) is 16.3. The molecule has 1 unspecified atom stereocenters. The summed E-state index contributed by atoms with van der Waals surface area (Å²) in [6, 6.07) is 11.9. The summed E-state index contributed by atoms with van der Waals surface area (Å²) in [5.41, 5.74) is -0.544. The molecule has 0 aliphatic rings. The van der Waals surface area contributed by atoms with Gasteiger partial charge in [-0.2, -0.15) is 0 Å². The van der Waals surface area contributed by atoms with Gasteiger partial charge in [0.25, 0.3) is 5.56 Å². The molecule has 1 aromatic heterocycles. The first-order valence-corrected chi connectivity index (χ1v) is 10.1. The first kappa shape index (κ1) is 22.4. The SMILES string of the molecule is CCC(Sc1nc(COc2ccccc2)cc(=O)[nH]1)C(=O)Nc1ccc(F)c(F)c1F. The smallest absolute Gasteiger partial charge is 0.251 e. The van der Waals surface area contributed by atoms with E-state index >= 15 is 0 Å². The number of rotatable bonds is 8. The minimum Gasteiger partial charge on any atom is -0.487 e. The maximum Gasteiger partial charge on any atom is 0.251 e. The number of halogens is 3. The summed E-state index contributed by atoms with van der Waals surface area (Å²) in [4.78, 5) is 31.3. The Labute approximate surface area is 179 Å². The van der Waals surface area contributed by atoms with Crippen molar-refractivity contribution >= 4 is 23.4 Å². The summed E-state index contributed by atoms with van der Waals surface area (Å²) in [5.74, 6) is -4.55. The van der Waals surface area contributed by atoms with Crippen LogP contribution in [0.5, 0.6) is 5.75 Å². The number of hydrogen-bond donors (Lipinski definition) is 2. The van der Waals surface area contributed by atoms with Crippen LogP contribution in [-0.4, -0.2) is 21.1 Å². The molecule has 2 N–H and O–H groups in total. The molecule has 1 atom stereocenters. The normalized spacial score (nSPS) is 11.7. The van der Waals surface area contributed by atoms with Crippen LogP contribution in [0.2, 0.25) is 0 Å². The number of amides is 1. The highest BCUT2D eigenvalue weighted by Gasteiger charge is 2.22. The predicted octanol–water partition coefficient (Wildman–Crippen LogP) is 4.28. The lowest BCUT2D eigenvalue weighted by Crippen LogP contribution is -2.26. The highest BCUT2D eigenvalue weighted by atomic mass is 32.2. The Bertz CT molecular complexity index is 1130. The Morgan fingerprint density at radius 1 is 1.16 bits per heavy atom. The molecule has 0 radical (unpaired) electrons. The molecule has 6 nitrogen and oxygen atoms in total. The third-order valence-electron chi connectivity index (χ3n) is 4.11. The summed E-state index contributed by atoms with van der Waals surface area (Å²) in [5, 5.41) is 1.64. The van der Waals surface area contributed by atoms with Gasteiger partial charge < -0.3 is 15.0 Å². The fourth-order valence-corrected chi connectivity index (χ4v) is 3.51. The minimum atomic E-state index is -1.67. The third kappa shape index (κ3) is 5.88. The number of nitrogens with one attached hydrogen (secondary N) is 2. The van der Waals surface area contributed by atoms with Crippen LogP contribution in [-0.2, 0) is 11.4 Å². The van der Waals surface area contributed by atoms with Gasteiger partial charge in [0.2, 0.25) is 5.91 Å². The predicted molar refractivity (Wildman–Crippen MR) is 111 cm³/mol. The number of anilines is 1. The van der Waals surface area contributed by atoms with E-state index in [9.17, 15) is 22.8 Å². The first-order chi connectivity index (χ1) is 14.9. The van der Waals surface area contributed by atoms with Gasteiger partial charge in [0, 0.05) is 6.07 Å². The second-order valence-corrected chi connectivity index (χ2v) is 7.56. The van der Waals surface area contributed by atoms with Crippen molar-refractivity contribution in [1.82, 2.24) is 9.97 Å². The molecule has 31 heavy (non-hydrogen) atoms. The van der Waals surface area contributed by atoms with Gasteiger partial charge in [-0.25, -0.2) is 18.2 Å². The molecule has 3 rings (SSSR count). The lowest BCUT2D eigenvalue weighted by molar-refractivity contribution is -0.115. The van der Waals surface area contributed by atoms with E-state index in [1.165, 1.54) is 6.07 Å². The van der Waals surface area contributed by atoms with Crippen LogP contribution in [0.15, 0.2) is 58.5 Å². The number of benzene rings is 2. The van der Waals surface area contributed by atoms with Crippen molar-refractivity contribution < 1.29 is 22.7 Å². The van der Waals surface area contributed by atoms with Crippen LogP contribution in [0.3, 0.4) is 0 Å². The summed E-state index contributed by atoms with van der Waals surface area (Å²) in [6.45, 7) is 1.75. The molecule has 2 aromatic carbocycles. The van der Waals surface area contributed by atoms with Crippen molar-refractivity contribution in [3.8, 4) is 5.75 Å². The number of ether oxygens (including phenoxy) is 1. The second-order valence-electron chi connectivity index (χ2n) is 6.37. The molecule has 10 heteroatoms. The molecule has 0 bridgehead atoms. The Balaban J connectivity index is 1.70. The van der Waals surface area contributed by atoms with Crippen LogP contribution in [0.25, 0.3) is 0 Å². The Hall–Kier alpha value is -3.27. The standard InChI is InChI=1S/C21H18F3N3O3S/c1-2-16(20(29)26-15-9-8-14(22)18(23)19(15)24)31-21-25-12(10-17(28)27-21)11-30-13-6-4-3-5-7-13/h3-10,16H,2,11H2,1H3,(H,26,29)(H,25,27,28). The number of nitrogens with zero attached hydrogens (tertiary/aromatic N) is 1. The summed E-state index contributed by atoms with van der Waals surface area (Å²) < 4.78 is 45.9. The number of thioether (sulfide) groups is 1. The molecule has 1 amide bonds. The monoisotopic (exact) mass is 449 g/mol. The zero-order valence-corrected chi connectivity index (χ0v) is 17.1. The average molecular weight is 449 g/mol. The molecule has 162 valence electrons. The first-order valence-electron chi connectivity index (χ1n) is 9.26. The molecule has 3 aromatic rings. The van der Waals surface area contributed by atoms with E-state index in [4.69, 9.17) is 4.74 Å². The number of carbonyl (C=O) groups excluding carboxylic acids is 1. The largest absolute Gasteiger partial charge is 0.487 e. The lowest BCUT2D eigenvalue weighted by Gasteiger charge is -2.15. The van der Waals surface area contributed by atoms with Crippen LogP contribution < -0.4 is 15.6 Å². The van der Waals surface area contributed by atoms with Gasteiger partial charge in [-0.15, -0.1) is 0 Å². The van der Waals surface area contributed by atoms with Crippen molar-refractivity contribution in [1.29, 1.82) is 0 Å². The fourth-order valence-electron chi connectivity index (χ4n) is 2.58. The number of carbonyl (C=O) groups is 1. The van der Waals surface area contributed by atoms with Gasteiger partial charge in [0.05, 0.1) is 16.6 Å². The number of aromatic amines is 1. The summed E-state index contributed by atoms with van der Waals surface area (Å²) >= 11 is 0.955. The van der Waals surface area contributed by atoms with Gasteiger partial charge in [-0.3, -0.25) is 9.59 Å². The molecule has 0 aliphatic carbocycles. The Morgan fingerprint density at radius 2 is 1.90 bits per heavy atom. The van der Waals surface area contributed by atoms with Crippen molar-refractivity contribution in [2.45, 2.75) is 30.4 Å². The van der Waals surface area contributed by atoms with Crippen LogP contribution >= 0.6 is 11.8 Å².